The number of aldehydes is 1. The predicted octanol–water partition coefficient (Wildman–Crippen LogP) is 2.37. The highest BCUT2D eigenvalue weighted by Gasteiger charge is 2.23. The summed E-state index contributed by atoms with van der Waals surface area (Å²) in [4.78, 5) is 31.5. The van der Waals surface area contributed by atoms with Crippen LogP contribution < -0.4 is 5.56 Å². The minimum atomic E-state index is -0.112. The number of H-pyrrole nitrogens is 1. The quantitative estimate of drug-likeness (QED) is 0.830. The Hall–Kier alpha value is -1.49. The maximum atomic E-state index is 12.0. The summed E-state index contributed by atoms with van der Waals surface area (Å²) in [7, 11) is 0. The van der Waals surface area contributed by atoms with E-state index in [2.05, 4.69) is 9.97 Å². The van der Waals surface area contributed by atoms with E-state index in [9.17, 15) is 9.59 Å². The van der Waals surface area contributed by atoms with E-state index in [1.165, 1.54) is 17.8 Å². The van der Waals surface area contributed by atoms with Crippen molar-refractivity contribution in [2.24, 2.45) is 0 Å². The molecule has 0 bridgehead atoms. The summed E-state index contributed by atoms with van der Waals surface area (Å²) < 4.78 is 0. The molecule has 2 aromatic rings. The molecule has 17 heavy (non-hydrogen) atoms. The zero-order valence-corrected chi connectivity index (χ0v) is 10.3. The minimum absolute atomic E-state index is 0.112. The van der Waals surface area contributed by atoms with Crippen molar-refractivity contribution in [3.63, 3.8) is 0 Å². The summed E-state index contributed by atoms with van der Waals surface area (Å²) in [6.07, 6.45) is 4.19. The van der Waals surface area contributed by atoms with Gasteiger partial charge in [0.05, 0.1) is 10.3 Å². The van der Waals surface area contributed by atoms with Gasteiger partial charge in [0.2, 0.25) is 0 Å². The highest BCUT2D eigenvalue weighted by atomic mass is 32.1. The average molecular weight is 248 g/mol. The van der Waals surface area contributed by atoms with Crippen molar-refractivity contribution < 1.29 is 4.79 Å². The SMILES string of the molecule is Cc1c(C=O)sc2nc(C3CCC3)[nH]c(=O)c12. The number of aryl methyl sites for hydroxylation is 1. The molecule has 1 aliphatic carbocycles. The lowest BCUT2D eigenvalue weighted by atomic mass is 9.85. The van der Waals surface area contributed by atoms with Crippen LogP contribution in [0.25, 0.3) is 10.2 Å². The number of nitrogens with one attached hydrogen (secondary N) is 1. The van der Waals surface area contributed by atoms with E-state index in [1.807, 2.05) is 0 Å². The van der Waals surface area contributed by atoms with Crippen LogP contribution in [0.2, 0.25) is 0 Å². The van der Waals surface area contributed by atoms with Crippen molar-refractivity contribution in [1.29, 1.82) is 0 Å². The van der Waals surface area contributed by atoms with Gasteiger partial charge in [-0.15, -0.1) is 11.3 Å². The van der Waals surface area contributed by atoms with E-state index in [1.54, 1.807) is 6.92 Å². The summed E-state index contributed by atoms with van der Waals surface area (Å²) in [5, 5.41) is 0.570. The first kappa shape index (κ1) is 10.7. The summed E-state index contributed by atoms with van der Waals surface area (Å²) in [5.41, 5.74) is 0.632. The number of nitrogens with zero attached hydrogens (tertiary/aromatic N) is 1. The van der Waals surface area contributed by atoms with Crippen molar-refractivity contribution in [2.45, 2.75) is 32.1 Å². The number of hydrogen-bond donors (Lipinski definition) is 1. The second kappa shape index (κ2) is 3.77. The zero-order chi connectivity index (χ0) is 12.0. The second-order valence-electron chi connectivity index (χ2n) is 4.47. The van der Waals surface area contributed by atoms with Crippen LogP contribution in [0.1, 0.15) is 46.2 Å². The monoisotopic (exact) mass is 248 g/mol. The average Bonchev–Trinajstić information content (AvgIpc) is 2.53. The van der Waals surface area contributed by atoms with Gasteiger partial charge in [-0.1, -0.05) is 6.42 Å². The number of fused-ring (bicyclic) bond motifs is 1. The molecule has 0 aliphatic heterocycles. The molecule has 0 atom stereocenters. The third-order valence-corrected chi connectivity index (χ3v) is 4.57. The molecule has 0 radical (unpaired) electrons. The van der Waals surface area contributed by atoms with Crippen LogP contribution >= 0.6 is 11.3 Å². The first-order valence-electron chi connectivity index (χ1n) is 5.69. The summed E-state index contributed by atoms with van der Waals surface area (Å²) in [5.74, 6) is 1.18. The molecule has 1 N–H and O–H groups in total. The van der Waals surface area contributed by atoms with Gasteiger partial charge in [-0.25, -0.2) is 4.98 Å². The summed E-state index contributed by atoms with van der Waals surface area (Å²) in [6, 6.07) is 0. The molecular formula is C12H12N2O2S. The molecule has 0 saturated heterocycles. The van der Waals surface area contributed by atoms with Gasteiger partial charge in [0, 0.05) is 5.92 Å². The Balaban J connectivity index is 2.25. The fourth-order valence-electron chi connectivity index (χ4n) is 2.17. The number of hydrogen-bond acceptors (Lipinski definition) is 4. The fourth-order valence-corrected chi connectivity index (χ4v) is 3.17. The topological polar surface area (TPSA) is 62.8 Å². The molecule has 2 aromatic heterocycles. The van der Waals surface area contributed by atoms with E-state index in [0.29, 0.717) is 21.0 Å². The molecule has 0 spiro atoms. The number of thiophene rings is 1. The van der Waals surface area contributed by atoms with E-state index in [-0.39, 0.29) is 5.56 Å². The van der Waals surface area contributed by atoms with E-state index < -0.39 is 0 Å². The van der Waals surface area contributed by atoms with Crippen LogP contribution in [0.3, 0.4) is 0 Å². The van der Waals surface area contributed by atoms with Crippen molar-refractivity contribution in [2.75, 3.05) is 0 Å². The molecule has 0 aromatic carbocycles. The third-order valence-electron chi connectivity index (χ3n) is 3.45. The molecule has 0 unspecified atom stereocenters. The van der Waals surface area contributed by atoms with Crippen molar-refractivity contribution in [1.82, 2.24) is 9.97 Å². The van der Waals surface area contributed by atoms with Gasteiger partial charge in [0.1, 0.15) is 10.7 Å². The summed E-state index contributed by atoms with van der Waals surface area (Å²) in [6.45, 7) is 1.79. The molecule has 0 amide bonds. The fraction of sp³-hybridized carbons (Fsp3) is 0.417. The maximum Gasteiger partial charge on any atom is 0.259 e. The molecule has 1 fully saturated rings. The third kappa shape index (κ3) is 1.53. The predicted molar refractivity (Wildman–Crippen MR) is 67.0 cm³/mol. The largest absolute Gasteiger partial charge is 0.310 e. The van der Waals surface area contributed by atoms with Gasteiger partial charge in [-0.3, -0.25) is 9.59 Å². The standard InChI is InChI=1S/C12H12N2O2S/c1-6-8(5-15)17-12-9(6)11(16)13-10(14-12)7-3-2-4-7/h5,7H,2-4H2,1H3,(H,13,14,16). The number of aromatic amines is 1. The van der Waals surface area contributed by atoms with E-state index in [0.717, 1.165) is 30.5 Å². The Morgan fingerprint density at radius 3 is 2.82 bits per heavy atom. The van der Waals surface area contributed by atoms with Crippen LogP contribution in [0.15, 0.2) is 4.79 Å². The lowest BCUT2D eigenvalue weighted by Crippen LogP contribution is -2.18. The van der Waals surface area contributed by atoms with Crippen molar-refractivity contribution in [3.8, 4) is 0 Å². The Morgan fingerprint density at radius 2 is 2.24 bits per heavy atom. The normalized spacial score (nSPS) is 16.1. The van der Waals surface area contributed by atoms with Gasteiger partial charge in [-0.05, 0) is 25.3 Å². The first-order chi connectivity index (χ1) is 8.20. The smallest absolute Gasteiger partial charge is 0.259 e. The Labute approximate surface area is 102 Å². The number of aromatic nitrogens is 2. The minimum Gasteiger partial charge on any atom is -0.310 e. The van der Waals surface area contributed by atoms with Crippen molar-refractivity contribution in [3.05, 3.63) is 26.6 Å². The van der Waals surface area contributed by atoms with Crippen LogP contribution in [0.4, 0.5) is 0 Å². The summed E-state index contributed by atoms with van der Waals surface area (Å²) >= 11 is 1.31. The van der Waals surface area contributed by atoms with Gasteiger partial charge in [0.15, 0.2) is 6.29 Å². The Kier molecular flexibility index (Phi) is 2.36. The van der Waals surface area contributed by atoms with Crippen molar-refractivity contribution >= 4 is 27.8 Å². The molecule has 1 aliphatic rings. The molecule has 1 saturated carbocycles. The van der Waals surface area contributed by atoms with Gasteiger partial charge in [-0.2, -0.15) is 0 Å². The molecule has 2 heterocycles. The maximum absolute atomic E-state index is 12.0. The van der Waals surface area contributed by atoms with Gasteiger partial charge in [0.25, 0.3) is 5.56 Å². The highest BCUT2D eigenvalue weighted by Crippen LogP contribution is 2.35. The molecular weight excluding hydrogens is 236 g/mol. The van der Waals surface area contributed by atoms with Gasteiger partial charge < -0.3 is 4.98 Å². The van der Waals surface area contributed by atoms with Crippen LogP contribution in [0, 0.1) is 6.92 Å². The number of rotatable bonds is 2. The Morgan fingerprint density at radius 1 is 1.47 bits per heavy atom. The van der Waals surface area contributed by atoms with Crippen LogP contribution in [0.5, 0.6) is 0 Å². The number of carbonyl (C=O) groups excluding carboxylic acids is 1. The van der Waals surface area contributed by atoms with Crippen LogP contribution in [-0.2, 0) is 0 Å². The van der Waals surface area contributed by atoms with E-state index >= 15 is 0 Å². The number of carbonyl (C=O) groups is 1. The highest BCUT2D eigenvalue weighted by molar-refractivity contribution is 7.20. The van der Waals surface area contributed by atoms with Crippen LogP contribution in [-0.4, -0.2) is 16.3 Å². The molecule has 88 valence electrons. The lowest BCUT2D eigenvalue weighted by Gasteiger charge is -2.23. The Bertz CT molecular complexity index is 652. The van der Waals surface area contributed by atoms with Gasteiger partial charge >= 0.3 is 0 Å². The first-order valence-corrected chi connectivity index (χ1v) is 6.51. The second-order valence-corrected chi connectivity index (χ2v) is 5.50. The zero-order valence-electron chi connectivity index (χ0n) is 9.45. The molecule has 5 heteroatoms. The van der Waals surface area contributed by atoms with E-state index in [4.69, 9.17) is 0 Å². The molecule has 3 rings (SSSR count). The lowest BCUT2D eigenvalue weighted by molar-refractivity contribution is 0.112. The molecule has 4 nitrogen and oxygen atoms in total.